The molecule has 108 valence electrons. The van der Waals surface area contributed by atoms with Gasteiger partial charge in [-0.2, -0.15) is 0 Å². The Balaban J connectivity index is 1.61. The van der Waals surface area contributed by atoms with Crippen molar-refractivity contribution in [3.63, 3.8) is 0 Å². The van der Waals surface area contributed by atoms with Gasteiger partial charge in [-0.25, -0.2) is 0 Å². The van der Waals surface area contributed by atoms with Crippen molar-refractivity contribution in [3.8, 4) is 0 Å². The Bertz CT molecular complexity index is 365. The number of ether oxygens (including phenoxy) is 1. The van der Waals surface area contributed by atoms with Crippen LogP contribution in [0, 0.1) is 0 Å². The van der Waals surface area contributed by atoms with Gasteiger partial charge in [0.2, 0.25) is 0 Å². The van der Waals surface area contributed by atoms with Crippen molar-refractivity contribution >= 4 is 0 Å². The number of likely N-dealkylation sites (tertiary alicyclic amines) is 1. The minimum Gasteiger partial charge on any atom is -0.467 e. The molecule has 1 unspecified atom stereocenters. The first kappa shape index (κ1) is 14.6. The lowest BCUT2D eigenvalue weighted by atomic mass is 10.1. The molecule has 1 atom stereocenters. The summed E-state index contributed by atoms with van der Waals surface area (Å²) in [6, 6.07) is 2.78. The molecule has 1 fully saturated rings. The molecular weight excluding hydrogens is 240 g/mol. The van der Waals surface area contributed by atoms with Gasteiger partial charge in [-0.05, 0) is 45.5 Å². The van der Waals surface area contributed by atoms with Gasteiger partial charge in [0.1, 0.15) is 12.4 Å². The third-order valence-electron chi connectivity index (χ3n) is 3.80. The molecule has 1 saturated heterocycles. The molecule has 0 aromatic carbocycles. The zero-order valence-corrected chi connectivity index (χ0v) is 12.2. The number of nitrogens with one attached hydrogen (secondary N) is 1. The largest absolute Gasteiger partial charge is 0.467 e. The minimum atomic E-state index is 0.586. The Morgan fingerprint density at radius 1 is 1.53 bits per heavy atom. The summed E-state index contributed by atoms with van der Waals surface area (Å²) in [5, 5.41) is 3.28. The highest BCUT2D eigenvalue weighted by Gasteiger charge is 2.20. The van der Waals surface area contributed by atoms with Gasteiger partial charge in [0.25, 0.3) is 0 Å². The van der Waals surface area contributed by atoms with Crippen LogP contribution in [0.2, 0.25) is 0 Å². The molecule has 4 nitrogen and oxygen atoms in total. The maximum atomic E-state index is 5.71. The van der Waals surface area contributed by atoms with Gasteiger partial charge in [-0.3, -0.25) is 0 Å². The predicted molar refractivity (Wildman–Crippen MR) is 76.0 cm³/mol. The molecule has 1 aromatic heterocycles. The second-order valence-corrected chi connectivity index (χ2v) is 5.32. The third kappa shape index (κ3) is 4.64. The second-order valence-electron chi connectivity index (χ2n) is 5.32. The zero-order valence-electron chi connectivity index (χ0n) is 12.2. The molecule has 0 aliphatic carbocycles. The van der Waals surface area contributed by atoms with Gasteiger partial charge < -0.3 is 19.4 Å². The predicted octanol–water partition coefficient (Wildman–Crippen LogP) is 2.39. The molecule has 0 spiro atoms. The molecule has 1 aliphatic rings. The van der Waals surface area contributed by atoms with Gasteiger partial charge in [0, 0.05) is 24.8 Å². The summed E-state index contributed by atoms with van der Waals surface area (Å²) >= 11 is 0. The summed E-state index contributed by atoms with van der Waals surface area (Å²) in [5.41, 5.74) is 1.19. The lowest BCUT2D eigenvalue weighted by Gasteiger charge is -2.18. The SMILES string of the molecule is CCNCc1coc(COCCC2CCCN2C)c1. The van der Waals surface area contributed by atoms with E-state index < -0.39 is 0 Å². The van der Waals surface area contributed by atoms with Crippen LogP contribution in [-0.2, 0) is 17.9 Å². The topological polar surface area (TPSA) is 37.6 Å². The van der Waals surface area contributed by atoms with Crippen LogP contribution < -0.4 is 5.32 Å². The maximum Gasteiger partial charge on any atom is 0.129 e. The van der Waals surface area contributed by atoms with Crippen molar-refractivity contribution in [3.05, 3.63) is 23.7 Å². The van der Waals surface area contributed by atoms with Crippen LogP contribution in [0.5, 0.6) is 0 Å². The lowest BCUT2D eigenvalue weighted by Crippen LogP contribution is -2.26. The molecule has 0 radical (unpaired) electrons. The fourth-order valence-electron chi connectivity index (χ4n) is 2.60. The van der Waals surface area contributed by atoms with E-state index in [4.69, 9.17) is 9.15 Å². The molecule has 0 amide bonds. The van der Waals surface area contributed by atoms with E-state index in [9.17, 15) is 0 Å². The number of rotatable bonds is 8. The van der Waals surface area contributed by atoms with Crippen LogP contribution in [0.4, 0.5) is 0 Å². The summed E-state index contributed by atoms with van der Waals surface area (Å²) in [6.07, 6.45) is 5.58. The van der Waals surface area contributed by atoms with Crippen molar-refractivity contribution in [1.29, 1.82) is 0 Å². The molecule has 1 aliphatic heterocycles. The Kier molecular flexibility index (Phi) is 5.89. The van der Waals surface area contributed by atoms with Gasteiger partial charge in [0.15, 0.2) is 0 Å². The quantitative estimate of drug-likeness (QED) is 0.733. The van der Waals surface area contributed by atoms with E-state index in [1.165, 1.54) is 24.9 Å². The highest BCUT2D eigenvalue weighted by Crippen LogP contribution is 2.18. The van der Waals surface area contributed by atoms with Crippen LogP contribution in [0.25, 0.3) is 0 Å². The summed E-state index contributed by atoms with van der Waals surface area (Å²) in [7, 11) is 2.21. The summed E-state index contributed by atoms with van der Waals surface area (Å²) < 4.78 is 11.2. The maximum absolute atomic E-state index is 5.71. The molecule has 1 aromatic rings. The van der Waals surface area contributed by atoms with E-state index >= 15 is 0 Å². The Morgan fingerprint density at radius 3 is 3.16 bits per heavy atom. The van der Waals surface area contributed by atoms with Gasteiger partial charge in [-0.1, -0.05) is 6.92 Å². The minimum absolute atomic E-state index is 0.586. The molecule has 19 heavy (non-hydrogen) atoms. The van der Waals surface area contributed by atoms with Gasteiger partial charge >= 0.3 is 0 Å². The molecule has 4 heteroatoms. The number of hydrogen-bond donors (Lipinski definition) is 1. The van der Waals surface area contributed by atoms with Crippen molar-refractivity contribution in [2.45, 2.75) is 45.4 Å². The van der Waals surface area contributed by atoms with Crippen LogP contribution in [-0.4, -0.2) is 37.7 Å². The van der Waals surface area contributed by atoms with Gasteiger partial charge in [-0.15, -0.1) is 0 Å². The lowest BCUT2D eigenvalue weighted by molar-refractivity contribution is 0.0894. The van der Waals surface area contributed by atoms with E-state index in [1.807, 2.05) is 6.26 Å². The standard InChI is InChI=1S/C15H26N2O2/c1-3-16-10-13-9-15(19-11-13)12-18-8-6-14-5-4-7-17(14)2/h9,11,14,16H,3-8,10,12H2,1-2H3. The van der Waals surface area contributed by atoms with Crippen LogP contribution in [0.15, 0.2) is 16.7 Å². The van der Waals surface area contributed by atoms with Crippen molar-refractivity contribution < 1.29 is 9.15 Å². The van der Waals surface area contributed by atoms with Crippen LogP contribution >= 0.6 is 0 Å². The Labute approximate surface area is 116 Å². The van der Waals surface area contributed by atoms with Crippen LogP contribution in [0.1, 0.15) is 37.5 Å². The zero-order chi connectivity index (χ0) is 13.5. The van der Waals surface area contributed by atoms with E-state index in [0.29, 0.717) is 12.6 Å². The molecular formula is C15H26N2O2. The number of nitrogens with zero attached hydrogens (tertiary/aromatic N) is 1. The van der Waals surface area contributed by atoms with Crippen molar-refractivity contribution in [1.82, 2.24) is 10.2 Å². The van der Waals surface area contributed by atoms with E-state index in [0.717, 1.165) is 31.9 Å². The Morgan fingerprint density at radius 2 is 2.42 bits per heavy atom. The van der Waals surface area contributed by atoms with Crippen LogP contribution in [0.3, 0.4) is 0 Å². The molecule has 1 N–H and O–H groups in total. The van der Waals surface area contributed by atoms with Crippen molar-refractivity contribution in [2.24, 2.45) is 0 Å². The monoisotopic (exact) mass is 266 g/mol. The highest BCUT2D eigenvalue weighted by molar-refractivity contribution is 5.11. The second kappa shape index (κ2) is 7.68. The first-order valence-electron chi connectivity index (χ1n) is 7.34. The fourth-order valence-corrected chi connectivity index (χ4v) is 2.60. The normalized spacial score (nSPS) is 20.2. The molecule has 0 saturated carbocycles. The van der Waals surface area contributed by atoms with E-state index in [1.54, 1.807) is 0 Å². The number of furan rings is 1. The molecule has 2 heterocycles. The fraction of sp³-hybridized carbons (Fsp3) is 0.733. The average Bonchev–Trinajstić information content (AvgIpc) is 3.02. The molecule has 0 bridgehead atoms. The Hall–Kier alpha value is -0.840. The average molecular weight is 266 g/mol. The number of hydrogen-bond acceptors (Lipinski definition) is 4. The summed E-state index contributed by atoms with van der Waals surface area (Å²) in [6.45, 7) is 6.58. The van der Waals surface area contributed by atoms with E-state index in [-0.39, 0.29) is 0 Å². The summed E-state index contributed by atoms with van der Waals surface area (Å²) in [4.78, 5) is 2.44. The highest BCUT2D eigenvalue weighted by atomic mass is 16.5. The molecule has 2 rings (SSSR count). The van der Waals surface area contributed by atoms with E-state index in [2.05, 4.69) is 30.3 Å². The smallest absolute Gasteiger partial charge is 0.129 e. The first-order chi connectivity index (χ1) is 9.29. The summed E-state index contributed by atoms with van der Waals surface area (Å²) in [5.74, 6) is 0.924. The van der Waals surface area contributed by atoms with Crippen molar-refractivity contribution in [2.75, 3.05) is 26.7 Å². The first-order valence-corrected chi connectivity index (χ1v) is 7.34. The van der Waals surface area contributed by atoms with Gasteiger partial charge in [0.05, 0.1) is 6.26 Å². The third-order valence-corrected chi connectivity index (χ3v) is 3.80.